The third-order valence-electron chi connectivity index (χ3n) is 3.23. The third kappa shape index (κ3) is 2.55. The predicted octanol–water partition coefficient (Wildman–Crippen LogP) is 1.33. The number of nitro benzene ring substituents is 1. The SMILES string of the molecule is O=C(c1cc(F)ccc1[N+](=O)[O-])N1CCC[C@@H]1CO. The van der Waals surface area contributed by atoms with Gasteiger partial charge in [0.05, 0.1) is 17.6 Å². The van der Waals surface area contributed by atoms with Crippen LogP contribution in [-0.4, -0.2) is 40.0 Å². The maximum absolute atomic E-state index is 13.2. The summed E-state index contributed by atoms with van der Waals surface area (Å²) in [6.45, 7) is 0.215. The number of hydrogen-bond donors (Lipinski definition) is 1. The summed E-state index contributed by atoms with van der Waals surface area (Å²) in [4.78, 5) is 23.8. The van der Waals surface area contributed by atoms with Gasteiger partial charge in [0.15, 0.2) is 0 Å². The summed E-state index contributed by atoms with van der Waals surface area (Å²) in [6, 6.07) is 2.44. The normalized spacial score (nSPS) is 18.6. The van der Waals surface area contributed by atoms with Gasteiger partial charge >= 0.3 is 0 Å². The van der Waals surface area contributed by atoms with Gasteiger partial charge in [-0.3, -0.25) is 14.9 Å². The lowest BCUT2D eigenvalue weighted by Crippen LogP contribution is -2.37. The number of aliphatic hydroxyl groups excluding tert-OH is 1. The molecule has 102 valence electrons. The van der Waals surface area contributed by atoms with Gasteiger partial charge in [-0.2, -0.15) is 0 Å². The molecule has 19 heavy (non-hydrogen) atoms. The lowest BCUT2D eigenvalue weighted by Gasteiger charge is -2.22. The smallest absolute Gasteiger partial charge is 0.282 e. The number of amides is 1. The van der Waals surface area contributed by atoms with E-state index in [1.165, 1.54) is 4.90 Å². The van der Waals surface area contributed by atoms with Crippen molar-refractivity contribution in [1.82, 2.24) is 4.90 Å². The first kappa shape index (κ1) is 13.4. The van der Waals surface area contributed by atoms with Crippen molar-refractivity contribution >= 4 is 11.6 Å². The molecule has 1 fully saturated rings. The molecule has 6 nitrogen and oxygen atoms in total. The van der Waals surface area contributed by atoms with Crippen molar-refractivity contribution in [2.24, 2.45) is 0 Å². The predicted molar refractivity (Wildman–Crippen MR) is 64.2 cm³/mol. The van der Waals surface area contributed by atoms with Gasteiger partial charge in [0.25, 0.3) is 11.6 Å². The van der Waals surface area contributed by atoms with Gasteiger partial charge < -0.3 is 10.0 Å². The molecule has 1 aliphatic rings. The van der Waals surface area contributed by atoms with Gasteiger partial charge in [-0.05, 0) is 25.0 Å². The summed E-state index contributed by atoms with van der Waals surface area (Å²) >= 11 is 0. The molecule has 1 N–H and O–H groups in total. The highest BCUT2D eigenvalue weighted by molar-refractivity contribution is 5.98. The highest BCUT2D eigenvalue weighted by Gasteiger charge is 2.32. The first-order valence-corrected chi connectivity index (χ1v) is 5.90. The van der Waals surface area contributed by atoms with Crippen LogP contribution < -0.4 is 0 Å². The van der Waals surface area contributed by atoms with Crippen LogP contribution in [0.5, 0.6) is 0 Å². The van der Waals surface area contributed by atoms with Crippen LogP contribution >= 0.6 is 0 Å². The summed E-state index contributed by atoms with van der Waals surface area (Å²) in [7, 11) is 0. The monoisotopic (exact) mass is 268 g/mol. The molecule has 1 saturated heterocycles. The second-order valence-corrected chi connectivity index (χ2v) is 4.40. The van der Waals surface area contributed by atoms with Gasteiger partial charge in [-0.15, -0.1) is 0 Å². The average Bonchev–Trinajstić information content (AvgIpc) is 2.85. The second-order valence-electron chi connectivity index (χ2n) is 4.40. The molecule has 2 rings (SSSR count). The fourth-order valence-electron chi connectivity index (χ4n) is 2.29. The molecular formula is C12H13FN2O4. The standard InChI is InChI=1S/C12H13FN2O4/c13-8-3-4-11(15(18)19)10(6-8)12(17)14-5-1-2-9(14)7-16/h3-4,6,9,16H,1-2,5,7H2/t9-/m1/s1. The minimum atomic E-state index is -0.712. The Hall–Kier alpha value is -2.02. The summed E-state index contributed by atoms with van der Waals surface area (Å²) in [5, 5.41) is 20.0. The molecule has 1 atom stereocenters. The Morgan fingerprint density at radius 2 is 2.32 bits per heavy atom. The molecule has 1 aromatic carbocycles. The van der Waals surface area contributed by atoms with Gasteiger partial charge in [-0.1, -0.05) is 0 Å². The van der Waals surface area contributed by atoms with E-state index in [9.17, 15) is 19.3 Å². The van der Waals surface area contributed by atoms with Crippen LogP contribution in [0.3, 0.4) is 0 Å². The van der Waals surface area contributed by atoms with Crippen molar-refractivity contribution in [3.63, 3.8) is 0 Å². The zero-order chi connectivity index (χ0) is 14.0. The molecule has 0 saturated carbocycles. The molecule has 1 amide bonds. The van der Waals surface area contributed by atoms with Crippen LogP contribution in [0.15, 0.2) is 18.2 Å². The third-order valence-corrected chi connectivity index (χ3v) is 3.23. The van der Waals surface area contributed by atoms with Crippen molar-refractivity contribution in [3.8, 4) is 0 Å². The molecule has 0 unspecified atom stereocenters. The van der Waals surface area contributed by atoms with Crippen LogP contribution in [0.25, 0.3) is 0 Å². The summed E-state index contributed by atoms with van der Waals surface area (Å²) in [5.74, 6) is -1.31. The zero-order valence-corrected chi connectivity index (χ0v) is 10.1. The summed E-state index contributed by atoms with van der Waals surface area (Å²) in [6.07, 6.45) is 1.37. The quantitative estimate of drug-likeness (QED) is 0.662. The minimum Gasteiger partial charge on any atom is -0.394 e. The Morgan fingerprint density at radius 1 is 1.58 bits per heavy atom. The molecule has 7 heteroatoms. The molecule has 1 heterocycles. The lowest BCUT2D eigenvalue weighted by molar-refractivity contribution is -0.385. The van der Waals surface area contributed by atoms with Crippen molar-refractivity contribution in [2.75, 3.05) is 13.2 Å². The molecule has 0 aliphatic carbocycles. The largest absolute Gasteiger partial charge is 0.394 e. The van der Waals surface area contributed by atoms with Crippen LogP contribution in [0.2, 0.25) is 0 Å². The lowest BCUT2D eigenvalue weighted by atomic mass is 10.1. The molecule has 1 aliphatic heterocycles. The van der Waals surface area contributed by atoms with E-state index in [-0.39, 0.29) is 18.2 Å². The number of rotatable bonds is 3. The van der Waals surface area contributed by atoms with E-state index < -0.39 is 22.3 Å². The van der Waals surface area contributed by atoms with Crippen molar-refractivity contribution in [3.05, 3.63) is 39.7 Å². The maximum atomic E-state index is 13.2. The Kier molecular flexibility index (Phi) is 3.75. The highest BCUT2D eigenvalue weighted by atomic mass is 19.1. The van der Waals surface area contributed by atoms with Gasteiger partial charge in [0.2, 0.25) is 0 Å². The number of likely N-dealkylation sites (tertiary alicyclic amines) is 1. The average molecular weight is 268 g/mol. The topological polar surface area (TPSA) is 83.7 Å². The minimum absolute atomic E-state index is 0.200. The maximum Gasteiger partial charge on any atom is 0.282 e. The molecule has 1 aromatic rings. The van der Waals surface area contributed by atoms with E-state index in [4.69, 9.17) is 5.11 Å². The number of aliphatic hydroxyl groups is 1. The van der Waals surface area contributed by atoms with E-state index in [1.54, 1.807) is 0 Å². The second kappa shape index (κ2) is 5.31. The van der Waals surface area contributed by atoms with Gasteiger partial charge in [0.1, 0.15) is 11.4 Å². The van der Waals surface area contributed by atoms with E-state index in [2.05, 4.69) is 0 Å². The zero-order valence-electron chi connectivity index (χ0n) is 10.1. The Balaban J connectivity index is 2.37. The Labute approximate surface area is 108 Å². The van der Waals surface area contributed by atoms with E-state index in [0.29, 0.717) is 13.0 Å². The summed E-state index contributed by atoms with van der Waals surface area (Å²) < 4.78 is 13.2. The fourth-order valence-corrected chi connectivity index (χ4v) is 2.29. The van der Waals surface area contributed by atoms with Crippen molar-refractivity contribution in [2.45, 2.75) is 18.9 Å². The van der Waals surface area contributed by atoms with Gasteiger partial charge in [0, 0.05) is 12.6 Å². The number of benzene rings is 1. The number of hydrogen-bond acceptors (Lipinski definition) is 4. The number of carbonyl (C=O) groups excluding carboxylic acids is 1. The first-order valence-electron chi connectivity index (χ1n) is 5.90. The number of carbonyl (C=O) groups is 1. The molecular weight excluding hydrogens is 255 g/mol. The van der Waals surface area contributed by atoms with E-state index in [1.807, 2.05) is 0 Å². The summed E-state index contributed by atoms with van der Waals surface area (Å²) in [5.41, 5.74) is -0.694. The van der Waals surface area contributed by atoms with E-state index in [0.717, 1.165) is 24.6 Å². The number of nitro groups is 1. The Bertz CT molecular complexity index is 520. The number of halogens is 1. The molecule has 0 radical (unpaired) electrons. The number of nitrogens with zero attached hydrogens (tertiary/aromatic N) is 2. The molecule has 0 bridgehead atoms. The van der Waals surface area contributed by atoms with Crippen LogP contribution in [0.4, 0.5) is 10.1 Å². The van der Waals surface area contributed by atoms with Gasteiger partial charge in [-0.25, -0.2) is 4.39 Å². The van der Waals surface area contributed by atoms with Crippen LogP contribution in [-0.2, 0) is 0 Å². The van der Waals surface area contributed by atoms with Crippen molar-refractivity contribution < 1.29 is 19.2 Å². The first-order chi connectivity index (χ1) is 9.04. The van der Waals surface area contributed by atoms with E-state index >= 15 is 0 Å². The Morgan fingerprint density at radius 3 is 2.95 bits per heavy atom. The highest BCUT2D eigenvalue weighted by Crippen LogP contribution is 2.25. The fraction of sp³-hybridized carbons (Fsp3) is 0.417. The van der Waals surface area contributed by atoms with Crippen molar-refractivity contribution in [1.29, 1.82) is 0 Å². The molecule has 0 aromatic heterocycles. The van der Waals surface area contributed by atoms with Crippen LogP contribution in [0.1, 0.15) is 23.2 Å². The van der Waals surface area contributed by atoms with Crippen LogP contribution in [0, 0.1) is 15.9 Å². The molecule has 0 spiro atoms.